The van der Waals surface area contributed by atoms with Crippen LogP contribution < -0.4 is 4.74 Å². The number of aromatic amines is 1. The summed E-state index contributed by atoms with van der Waals surface area (Å²) >= 11 is 4.82. The first kappa shape index (κ1) is 19.6. The lowest BCUT2D eigenvalue weighted by atomic mass is 9.49. The van der Waals surface area contributed by atoms with E-state index in [9.17, 15) is 10.2 Å². The van der Waals surface area contributed by atoms with Crippen molar-refractivity contribution in [3.8, 4) is 11.5 Å². The lowest BCUT2D eigenvalue weighted by molar-refractivity contribution is -0.173. The van der Waals surface area contributed by atoms with Crippen molar-refractivity contribution in [2.75, 3.05) is 13.1 Å². The molecule has 2 bridgehead atoms. The van der Waals surface area contributed by atoms with Crippen LogP contribution in [0.15, 0.2) is 35.3 Å². The van der Waals surface area contributed by atoms with Crippen LogP contribution in [0.25, 0.3) is 10.9 Å². The number of aromatic hydroxyl groups is 1. The van der Waals surface area contributed by atoms with Gasteiger partial charge in [-0.1, -0.05) is 6.07 Å². The average Bonchev–Trinajstić information content (AvgIpc) is 3.46. The monoisotopic (exact) mass is 471 g/mol. The van der Waals surface area contributed by atoms with Crippen LogP contribution in [0.2, 0.25) is 0 Å². The number of likely N-dealkylation sites (tertiary alicyclic amines) is 1. The topological polar surface area (TPSA) is 81.1 Å². The van der Waals surface area contributed by atoms with Crippen LogP contribution in [0.5, 0.6) is 11.5 Å². The number of phenolic OH excluding ortho intramolecular Hbond substituents is 1. The fraction of sp³-hybridized carbons (Fsp3) is 0.444. The number of benzene rings is 2. The van der Waals surface area contributed by atoms with Gasteiger partial charge in [-0.15, -0.1) is 0 Å². The van der Waals surface area contributed by atoms with Gasteiger partial charge >= 0.3 is 0 Å². The summed E-state index contributed by atoms with van der Waals surface area (Å²) in [7, 11) is 0. The molecule has 0 radical (unpaired) electrons. The van der Waals surface area contributed by atoms with Crippen molar-refractivity contribution in [3.63, 3.8) is 0 Å². The molecule has 2 aliphatic heterocycles. The molecule has 1 saturated heterocycles. The van der Waals surface area contributed by atoms with Gasteiger partial charge in [-0.05, 0) is 85.8 Å². The molecule has 34 heavy (non-hydrogen) atoms. The van der Waals surface area contributed by atoms with E-state index in [2.05, 4.69) is 20.0 Å². The number of hydrogen-bond acceptors (Lipinski definition) is 6. The Hall–Kier alpha value is -2.70. The summed E-state index contributed by atoms with van der Waals surface area (Å²) in [6, 6.07) is 9.79. The highest BCUT2D eigenvalue weighted by Gasteiger charge is 2.72. The molecule has 172 valence electrons. The highest BCUT2D eigenvalue weighted by molar-refractivity contribution is 7.78. The maximum absolute atomic E-state index is 12.8. The van der Waals surface area contributed by atoms with Crippen LogP contribution in [-0.2, 0) is 18.3 Å². The third-order valence-corrected chi connectivity index (χ3v) is 9.41. The number of nitrogens with one attached hydrogen (secondary N) is 1. The molecule has 2 aromatic carbocycles. The first-order valence-corrected chi connectivity index (χ1v) is 12.6. The summed E-state index contributed by atoms with van der Waals surface area (Å²) in [6.07, 6.45) is 4.37. The largest absolute Gasteiger partial charge is 0.504 e. The van der Waals surface area contributed by atoms with Crippen molar-refractivity contribution < 1.29 is 14.9 Å². The summed E-state index contributed by atoms with van der Waals surface area (Å²) in [6.45, 7) is 2.00. The molecule has 3 heterocycles. The maximum Gasteiger partial charge on any atom is 0.166 e. The number of isothiocyanates is 1. The molecule has 7 heteroatoms. The second-order valence-corrected chi connectivity index (χ2v) is 11.1. The molecule has 1 spiro atoms. The normalized spacial score (nSPS) is 32.6. The Morgan fingerprint density at radius 3 is 2.97 bits per heavy atom. The van der Waals surface area contributed by atoms with E-state index in [-0.39, 0.29) is 17.9 Å². The molecule has 4 atom stereocenters. The van der Waals surface area contributed by atoms with Crippen molar-refractivity contribution in [1.82, 2.24) is 9.88 Å². The molecule has 3 aliphatic carbocycles. The number of fused-ring (bicyclic) bond motifs is 4. The van der Waals surface area contributed by atoms with Crippen molar-refractivity contribution in [2.45, 2.75) is 55.3 Å². The SMILES string of the molecule is Oc1ccc2c3c1O[C@@H]1c4[nH]c5ccc(N=C=S)cc5c4C[C@]4(O)C(C2)N(CC2CC2)CCC314. The zero-order valence-electron chi connectivity index (χ0n) is 18.7. The molecule has 1 aromatic heterocycles. The van der Waals surface area contributed by atoms with Gasteiger partial charge in [-0.25, -0.2) is 0 Å². The van der Waals surface area contributed by atoms with Gasteiger partial charge in [-0.3, -0.25) is 4.90 Å². The molecule has 5 aliphatic rings. The first-order chi connectivity index (χ1) is 16.5. The minimum absolute atomic E-state index is 0.0243. The zero-order chi connectivity index (χ0) is 22.8. The zero-order valence-corrected chi connectivity index (χ0v) is 19.5. The Kier molecular flexibility index (Phi) is 3.63. The number of aliphatic imine (C=N–C) groups is 1. The maximum atomic E-state index is 12.8. The van der Waals surface area contributed by atoms with E-state index in [1.165, 1.54) is 18.4 Å². The van der Waals surface area contributed by atoms with Crippen molar-refractivity contribution in [3.05, 3.63) is 52.7 Å². The number of rotatable bonds is 3. The molecular weight excluding hydrogens is 446 g/mol. The smallest absolute Gasteiger partial charge is 0.166 e. The van der Waals surface area contributed by atoms with Crippen LogP contribution in [0, 0.1) is 5.92 Å². The van der Waals surface area contributed by atoms with E-state index >= 15 is 0 Å². The van der Waals surface area contributed by atoms with Crippen LogP contribution in [0.3, 0.4) is 0 Å². The number of thiocarbonyl (C=S) groups is 1. The van der Waals surface area contributed by atoms with Gasteiger partial charge in [-0.2, -0.15) is 4.99 Å². The van der Waals surface area contributed by atoms with Crippen LogP contribution in [0.4, 0.5) is 5.69 Å². The lowest BCUT2D eigenvalue weighted by Gasteiger charge is -2.62. The van der Waals surface area contributed by atoms with E-state index in [1.54, 1.807) is 6.07 Å². The Morgan fingerprint density at radius 1 is 1.26 bits per heavy atom. The molecule has 3 aromatic rings. The summed E-state index contributed by atoms with van der Waals surface area (Å²) < 4.78 is 6.62. The highest BCUT2D eigenvalue weighted by atomic mass is 32.1. The number of nitrogens with zero attached hydrogens (tertiary/aromatic N) is 2. The van der Waals surface area contributed by atoms with Crippen LogP contribution in [-0.4, -0.2) is 50.0 Å². The molecule has 8 rings (SSSR count). The number of hydrogen-bond donors (Lipinski definition) is 3. The number of aliphatic hydroxyl groups is 1. The molecule has 2 fully saturated rings. The van der Waals surface area contributed by atoms with E-state index in [0.717, 1.165) is 65.3 Å². The third-order valence-electron chi connectivity index (χ3n) is 9.32. The second kappa shape index (κ2) is 6.29. The van der Waals surface area contributed by atoms with Crippen molar-refractivity contribution >= 4 is 34.0 Å². The minimum Gasteiger partial charge on any atom is -0.504 e. The fourth-order valence-electron chi connectivity index (χ4n) is 7.73. The van der Waals surface area contributed by atoms with Crippen molar-refractivity contribution in [2.24, 2.45) is 10.9 Å². The van der Waals surface area contributed by atoms with Gasteiger partial charge in [0, 0.05) is 35.5 Å². The molecule has 2 unspecified atom stereocenters. The van der Waals surface area contributed by atoms with Gasteiger partial charge in [0.2, 0.25) is 0 Å². The van der Waals surface area contributed by atoms with E-state index < -0.39 is 11.0 Å². The molecule has 6 nitrogen and oxygen atoms in total. The fourth-order valence-corrected chi connectivity index (χ4v) is 7.84. The second-order valence-electron chi connectivity index (χ2n) is 10.9. The van der Waals surface area contributed by atoms with E-state index in [0.29, 0.717) is 12.2 Å². The Labute approximate surface area is 202 Å². The van der Waals surface area contributed by atoms with Gasteiger partial charge in [0.25, 0.3) is 0 Å². The number of phenols is 1. The van der Waals surface area contributed by atoms with Crippen molar-refractivity contribution in [1.29, 1.82) is 0 Å². The predicted octanol–water partition coefficient (Wildman–Crippen LogP) is 4.31. The number of H-pyrrole nitrogens is 1. The van der Waals surface area contributed by atoms with E-state index in [4.69, 9.17) is 17.0 Å². The van der Waals surface area contributed by atoms with Gasteiger partial charge < -0.3 is 19.9 Å². The quantitative estimate of drug-likeness (QED) is 0.392. The standard InChI is InChI=1S/C27H25N3O3S/c31-20-6-3-15-9-21-27(32)11-18-17-10-16(28-13-34)4-5-19(17)29-23(18)25-26(27,22(15)24(20)33-25)7-8-30(21)12-14-1-2-14/h3-6,10,14,21,25,29,31-32H,1-2,7-9,11-12H2/t21?,25-,26?,27+/m1/s1. The van der Waals surface area contributed by atoms with Crippen LogP contribution in [0.1, 0.15) is 47.8 Å². The number of ether oxygens (including phenoxy) is 1. The summed E-state index contributed by atoms with van der Waals surface area (Å²) in [4.78, 5) is 10.4. The van der Waals surface area contributed by atoms with Crippen LogP contribution >= 0.6 is 12.2 Å². The summed E-state index contributed by atoms with van der Waals surface area (Å²) in [5.74, 6) is 1.49. The lowest BCUT2D eigenvalue weighted by Crippen LogP contribution is -2.74. The predicted molar refractivity (Wildman–Crippen MR) is 131 cm³/mol. The number of piperidine rings is 1. The molecule has 0 amide bonds. The van der Waals surface area contributed by atoms with Gasteiger partial charge in [0.15, 0.2) is 17.6 Å². The number of aromatic nitrogens is 1. The Morgan fingerprint density at radius 2 is 2.15 bits per heavy atom. The Balaban J connectivity index is 1.40. The van der Waals surface area contributed by atoms with E-state index in [1.807, 2.05) is 24.3 Å². The highest BCUT2D eigenvalue weighted by Crippen LogP contribution is 2.69. The van der Waals surface area contributed by atoms with Gasteiger partial charge in [0.1, 0.15) is 0 Å². The average molecular weight is 472 g/mol. The molecule has 1 saturated carbocycles. The Bertz CT molecular complexity index is 1460. The third kappa shape index (κ3) is 2.20. The summed E-state index contributed by atoms with van der Waals surface area (Å²) in [5, 5.41) is 27.1. The summed E-state index contributed by atoms with van der Waals surface area (Å²) in [5.41, 5.74) is 4.56. The first-order valence-electron chi connectivity index (χ1n) is 12.2. The van der Waals surface area contributed by atoms with Gasteiger partial charge in [0.05, 0.1) is 27.6 Å². The molecular formula is C27H25N3O3S. The molecule has 3 N–H and O–H groups in total. The minimum atomic E-state index is -0.984.